The fraction of sp³-hybridized carbons (Fsp3) is 0.677. The van der Waals surface area contributed by atoms with E-state index in [4.69, 9.17) is 9.94 Å². The van der Waals surface area contributed by atoms with Crippen molar-refractivity contribution in [3.05, 3.63) is 40.3 Å². The lowest BCUT2D eigenvalue weighted by Crippen LogP contribution is -2.58. The summed E-state index contributed by atoms with van der Waals surface area (Å²) in [5, 5.41) is 22.5. The van der Waals surface area contributed by atoms with Gasteiger partial charge in [-0.05, 0) is 68.9 Å². The molecule has 4 unspecified atom stereocenters. The Bertz CT molecular complexity index is 1280. The van der Waals surface area contributed by atoms with Crippen LogP contribution >= 0.6 is 0 Å². The molecule has 5 atom stereocenters. The van der Waals surface area contributed by atoms with Crippen LogP contribution in [0.5, 0.6) is 0 Å². The van der Waals surface area contributed by atoms with Crippen LogP contribution in [0.25, 0.3) is 11.0 Å². The number of carbonyl (C=O) groups is 1. The SMILES string of the molecule is O=C(O)CC/C(=N\OCCO)c1nc2ccccc2n(C2CC3CCC[C@H](C2)N3C2CC3CCCC(C3)C2)c1=O. The summed E-state index contributed by atoms with van der Waals surface area (Å²) >= 11 is 0. The number of aromatic nitrogens is 2. The average Bonchev–Trinajstić information content (AvgIpc) is 2.94. The summed E-state index contributed by atoms with van der Waals surface area (Å²) in [6, 6.07) is 9.41. The highest BCUT2D eigenvalue weighted by Crippen LogP contribution is 2.47. The predicted octanol–water partition coefficient (Wildman–Crippen LogP) is 4.50. The van der Waals surface area contributed by atoms with Crippen LogP contribution in [0.1, 0.15) is 95.2 Å². The number of hydrogen-bond acceptors (Lipinski definition) is 7. The summed E-state index contributed by atoms with van der Waals surface area (Å²) in [7, 11) is 0. The average molecular weight is 551 g/mol. The van der Waals surface area contributed by atoms with E-state index < -0.39 is 5.97 Å². The number of nitrogens with zero attached hydrogens (tertiary/aromatic N) is 4. The maximum atomic E-state index is 14.2. The summed E-state index contributed by atoms with van der Waals surface area (Å²) in [5.41, 5.74) is 1.63. The molecule has 2 aromatic rings. The molecule has 2 aliphatic carbocycles. The minimum Gasteiger partial charge on any atom is -0.481 e. The van der Waals surface area contributed by atoms with Gasteiger partial charge in [0.15, 0.2) is 5.69 Å². The number of aliphatic carboxylic acids is 1. The van der Waals surface area contributed by atoms with E-state index in [1.165, 1.54) is 57.8 Å². The monoisotopic (exact) mass is 550 g/mol. The van der Waals surface area contributed by atoms with Crippen molar-refractivity contribution in [3.63, 3.8) is 0 Å². The molecule has 4 aliphatic rings. The van der Waals surface area contributed by atoms with Gasteiger partial charge in [0.2, 0.25) is 0 Å². The molecule has 0 spiro atoms. The summed E-state index contributed by atoms with van der Waals surface area (Å²) in [6.45, 7) is -0.266. The highest BCUT2D eigenvalue weighted by atomic mass is 16.6. The van der Waals surface area contributed by atoms with E-state index in [0.29, 0.717) is 23.6 Å². The second-order valence-corrected chi connectivity index (χ2v) is 12.4. The quantitative estimate of drug-likeness (QED) is 0.268. The van der Waals surface area contributed by atoms with E-state index in [1.807, 2.05) is 28.8 Å². The van der Waals surface area contributed by atoms with Crippen molar-refractivity contribution in [2.24, 2.45) is 17.0 Å². The molecule has 216 valence electrons. The van der Waals surface area contributed by atoms with E-state index in [2.05, 4.69) is 15.0 Å². The van der Waals surface area contributed by atoms with Crippen LogP contribution in [0.3, 0.4) is 0 Å². The third kappa shape index (κ3) is 5.55. The normalized spacial score (nSPS) is 30.8. The van der Waals surface area contributed by atoms with Gasteiger partial charge in [-0.15, -0.1) is 0 Å². The van der Waals surface area contributed by atoms with Crippen molar-refractivity contribution in [1.29, 1.82) is 0 Å². The molecule has 40 heavy (non-hydrogen) atoms. The van der Waals surface area contributed by atoms with Crippen LogP contribution in [0.2, 0.25) is 0 Å². The third-order valence-corrected chi connectivity index (χ3v) is 9.90. The van der Waals surface area contributed by atoms with Crippen molar-refractivity contribution >= 4 is 22.7 Å². The van der Waals surface area contributed by atoms with E-state index in [0.717, 1.165) is 30.2 Å². The Labute approximate surface area is 235 Å². The number of carboxylic acid groups (broad SMARTS) is 1. The molecule has 9 nitrogen and oxygen atoms in total. The standard InChI is InChI=1S/C31H42N4O5/c36-13-14-40-33-27(11-12-29(37)38)30-31(39)35(28-10-2-1-9-26(28)32-30)25-18-22-7-4-8-23(19-25)34(22)24-16-20-5-3-6-21(15-20)17-24/h1-2,9-10,20-25,36H,3-8,11-19H2,(H,37,38)/b33-27+/t20?,21?,22-,23?,24?,25?/m1/s1. The van der Waals surface area contributed by atoms with Gasteiger partial charge >= 0.3 is 5.97 Å². The number of rotatable bonds is 9. The van der Waals surface area contributed by atoms with Crippen LogP contribution in [0, 0.1) is 11.8 Å². The first-order valence-corrected chi connectivity index (χ1v) is 15.3. The number of oxime groups is 1. The maximum Gasteiger partial charge on any atom is 0.303 e. The van der Waals surface area contributed by atoms with Gasteiger partial charge in [0.1, 0.15) is 12.3 Å². The lowest BCUT2D eigenvalue weighted by Gasteiger charge is -2.55. The minimum absolute atomic E-state index is 0.0229. The van der Waals surface area contributed by atoms with Gasteiger partial charge in [-0.25, -0.2) is 4.98 Å². The second kappa shape index (κ2) is 12.0. The van der Waals surface area contributed by atoms with Crippen LogP contribution in [0.15, 0.2) is 34.2 Å². The number of aliphatic hydroxyl groups is 1. The zero-order valence-corrected chi connectivity index (χ0v) is 23.3. The highest BCUT2D eigenvalue weighted by Gasteiger charge is 2.45. The summed E-state index contributed by atoms with van der Waals surface area (Å²) in [6.07, 6.45) is 13.6. The Morgan fingerprint density at radius 2 is 1.62 bits per heavy atom. The third-order valence-electron chi connectivity index (χ3n) is 9.90. The first kappa shape index (κ1) is 27.4. The Morgan fingerprint density at radius 3 is 2.33 bits per heavy atom. The fourth-order valence-corrected chi connectivity index (χ4v) is 8.44. The molecule has 1 aromatic carbocycles. The van der Waals surface area contributed by atoms with Gasteiger partial charge < -0.3 is 19.6 Å². The molecule has 2 saturated carbocycles. The van der Waals surface area contributed by atoms with Gasteiger partial charge in [0.25, 0.3) is 5.56 Å². The minimum atomic E-state index is -0.983. The molecule has 1 aromatic heterocycles. The summed E-state index contributed by atoms with van der Waals surface area (Å²) in [5.74, 6) is 0.798. The van der Waals surface area contributed by atoms with Crippen molar-refractivity contribution < 1.29 is 19.8 Å². The van der Waals surface area contributed by atoms with Gasteiger partial charge in [-0.3, -0.25) is 14.5 Å². The topological polar surface area (TPSA) is 117 Å². The zero-order valence-electron chi connectivity index (χ0n) is 23.3. The van der Waals surface area contributed by atoms with E-state index >= 15 is 0 Å². The van der Waals surface area contributed by atoms with Crippen LogP contribution in [-0.4, -0.2) is 67.7 Å². The molecule has 9 heteroatoms. The second-order valence-electron chi connectivity index (χ2n) is 12.4. The molecule has 2 aliphatic heterocycles. The first-order chi connectivity index (χ1) is 19.5. The molecule has 2 saturated heterocycles. The van der Waals surface area contributed by atoms with Gasteiger partial charge in [0, 0.05) is 30.6 Å². The van der Waals surface area contributed by atoms with E-state index in [1.54, 1.807) is 0 Å². The van der Waals surface area contributed by atoms with Crippen molar-refractivity contribution in [2.75, 3.05) is 13.2 Å². The van der Waals surface area contributed by atoms with Gasteiger partial charge in [0.05, 0.1) is 24.1 Å². The van der Waals surface area contributed by atoms with Crippen LogP contribution < -0.4 is 5.56 Å². The first-order valence-electron chi connectivity index (χ1n) is 15.3. The number of piperidine rings is 2. The Kier molecular flexibility index (Phi) is 8.21. The van der Waals surface area contributed by atoms with Crippen molar-refractivity contribution in [2.45, 2.75) is 108 Å². The van der Waals surface area contributed by atoms with Crippen LogP contribution in [-0.2, 0) is 9.63 Å². The molecular weight excluding hydrogens is 508 g/mol. The molecule has 4 bridgehead atoms. The molecule has 3 heterocycles. The number of benzene rings is 1. The van der Waals surface area contributed by atoms with Gasteiger partial charge in [-0.1, -0.05) is 43.0 Å². The van der Waals surface area contributed by atoms with E-state index in [9.17, 15) is 14.7 Å². The predicted molar refractivity (Wildman–Crippen MR) is 152 cm³/mol. The molecule has 4 fully saturated rings. The Balaban J connectivity index is 1.34. The molecule has 0 amide bonds. The molecule has 6 rings (SSSR count). The van der Waals surface area contributed by atoms with Crippen molar-refractivity contribution in [3.8, 4) is 0 Å². The zero-order chi connectivity index (χ0) is 27.6. The van der Waals surface area contributed by atoms with Crippen LogP contribution in [0.4, 0.5) is 0 Å². The number of para-hydroxylation sites is 2. The Morgan fingerprint density at radius 1 is 0.925 bits per heavy atom. The number of aliphatic hydroxyl groups excluding tert-OH is 1. The fourth-order valence-electron chi connectivity index (χ4n) is 8.44. The number of hydrogen-bond donors (Lipinski definition) is 2. The largest absolute Gasteiger partial charge is 0.481 e. The molecular formula is C31H42N4O5. The number of carboxylic acids is 1. The number of fused-ring (bicyclic) bond motifs is 5. The molecule has 0 radical (unpaired) electrons. The Hall–Kier alpha value is -2.78. The molecule has 2 N–H and O–H groups in total. The van der Waals surface area contributed by atoms with Crippen molar-refractivity contribution in [1.82, 2.24) is 14.5 Å². The van der Waals surface area contributed by atoms with Gasteiger partial charge in [-0.2, -0.15) is 0 Å². The lowest BCUT2D eigenvalue weighted by atomic mass is 9.68. The lowest BCUT2D eigenvalue weighted by molar-refractivity contribution is -0.136. The summed E-state index contributed by atoms with van der Waals surface area (Å²) < 4.78 is 1.93. The maximum absolute atomic E-state index is 14.2. The smallest absolute Gasteiger partial charge is 0.303 e. The van der Waals surface area contributed by atoms with E-state index in [-0.39, 0.29) is 49.1 Å². The highest BCUT2D eigenvalue weighted by molar-refractivity contribution is 6.00. The summed E-state index contributed by atoms with van der Waals surface area (Å²) in [4.78, 5) is 38.3.